The average Bonchev–Trinajstić information content (AvgIpc) is 2.94. The first-order valence-electron chi connectivity index (χ1n) is 6.72. The Balaban J connectivity index is 2.23. The fraction of sp³-hybridized carbons (Fsp3) is 0.333. The molecule has 0 fully saturated rings. The quantitative estimate of drug-likeness (QED) is 0.832. The van der Waals surface area contributed by atoms with Crippen molar-refractivity contribution in [3.05, 3.63) is 48.0 Å². The average molecular weight is 292 g/mol. The summed E-state index contributed by atoms with van der Waals surface area (Å²) in [4.78, 5) is 16.7. The summed E-state index contributed by atoms with van der Waals surface area (Å²) >= 11 is 5.68. The summed E-state index contributed by atoms with van der Waals surface area (Å²) in [5.74, 6) is 0.409. The minimum absolute atomic E-state index is 0.0856. The minimum atomic E-state index is -0.0856. The van der Waals surface area contributed by atoms with Gasteiger partial charge in [-0.2, -0.15) is 0 Å². The summed E-state index contributed by atoms with van der Waals surface area (Å²) in [5, 5.41) is 3.16. The molecule has 0 aliphatic rings. The predicted molar refractivity (Wildman–Crippen MR) is 81.6 cm³/mol. The molecule has 1 N–H and O–H groups in total. The lowest BCUT2D eigenvalue weighted by Gasteiger charge is -2.10. The van der Waals surface area contributed by atoms with E-state index in [1.54, 1.807) is 18.6 Å². The molecule has 0 amide bonds. The van der Waals surface area contributed by atoms with E-state index in [2.05, 4.69) is 17.2 Å². The standard InChI is InChI=1S/C15H18ClN3O/c1-2-5-12-10-19(11-18-12)15(20)13-6-3-4-7-14(13)17-9-8-16/h3-4,6-7,10-11,17H,2,5,8-9H2,1H3. The first-order valence-corrected chi connectivity index (χ1v) is 7.26. The molecular formula is C15H18ClN3O. The number of carbonyl (C=O) groups is 1. The number of carbonyl (C=O) groups excluding carboxylic acids is 1. The second-order valence-electron chi connectivity index (χ2n) is 4.49. The van der Waals surface area contributed by atoms with E-state index < -0.39 is 0 Å². The van der Waals surface area contributed by atoms with Crippen LogP contribution in [0.4, 0.5) is 5.69 Å². The largest absolute Gasteiger partial charge is 0.383 e. The van der Waals surface area contributed by atoms with E-state index in [0.717, 1.165) is 24.2 Å². The van der Waals surface area contributed by atoms with Gasteiger partial charge < -0.3 is 5.32 Å². The van der Waals surface area contributed by atoms with Crippen molar-refractivity contribution in [2.24, 2.45) is 0 Å². The van der Waals surface area contributed by atoms with Crippen LogP contribution in [-0.2, 0) is 6.42 Å². The number of anilines is 1. The molecule has 0 bridgehead atoms. The number of aromatic nitrogens is 2. The third kappa shape index (κ3) is 3.39. The molecule has 0 aliphatic carbocycles. The molecular weight excluding hydrogens is 274 g/mol. The maximum atomic E-state index is 12.5. The highest BCUT2D eigenvalue weighted by Crippen LogP contribution is 2.16. The number of para-hydroxylation sites is 1. The number of aryl methyl sites for hydroxylation is 1. The molecule has 0 unspecified atom stereocenters. The van der Waals surface area contributed by atoms with E-state index in [1.807, 2.05) is 18.2 Å². The highest BCUT2D eigenvalue weighted by atomic mass is 35.5. The Hall–Kier alpha value is -1.81. The van der Waals surface area contributed by atoms with Gasteiger partial charge in [0.1, 0.15) is 6.33 Å². The molecule has 0 saturated carbocycles. The molecule has 20 heavy (non-hydrogen) atoms. The maximum Gasteiger partial charge on any atom is 0.265 e. The number of hydrogen-bond donors (Lipinski definition) is 1. The molecule has 106 valence electrons. The highest BCUT2D eigenvalue weighted by Gasteiger charge is 2.13. The zero-order valence-electron chi connectivity index (χ0n) is 11.5. The fourth-order valence-corrected chi connectivity index (χ4v) is 2.10. The van der Waals surface area contributed by atoms with Crippen molar-refractivity contribution in [1.82, 2.24) is 9.55 Å². The molecule has 4 nitrogen and oxygen atoms in total. The lowest BCUT2D eigenvalue weighted by molar-refractivity contribution is 0.0960. The molecule has 2 aromatic rings. The molecule has 1 aromatic carbocycles. The van der Waals surface area contributed by atoms with Crippen LogP contribution in [0.2, 0.25) is 0 Å². The van der Waals surface area contributed by atoms with Crippen molar-refractivity contribution in [1.29, 1.82) is 0 Å². The molecule has 0 aliphatic heterocycles. The molecule has 5 heteroatoms. The number of imidazole rings is 1. The summed E-state index contributed by atoms with van der Waals surface area (Å²) in [7, 11) is 0. The number of alkyl halides is 1. The van der Waals surface area contributed by atoms with Crippen LogP contribution in [0.5, 0.6) is 0 Å². The lowest BCUT2D eigenvalue weighted by Crippen LogP contribution is -2.14. The van der Waals surface area contributed by atoms with Gasteiger partial charge in [-0.05, 0) is 18.6 Å². The van der Waals surface area contributed by atoms with E-state index in [1.165, 1.54) is 4.57 Å². The van der Waals surface area contributed by atoms with Crippen LogP contribution in [0, 0.1) is 0 Å². The summed E-state index contributed by atoms with van der Waals surface area (Å²) < 4.78 is 1.53. The molecule has 2 rings (SSSR count). The van der Waals surface area contributed by atoms with Gasteiger partial charge in [0, 0.05) is 24.3 Å². The second-order valence-corrected chi connectivity index (χ2v) is 4.87. The molecule has 0 spiro atoms. The Labute approximate surface area is 123 Å². The normalized spacial score (nSPS) is 10.5. The van der Waals surface area contributed by atoms with Crippen molar-refractivity contribution in [3.63, 3.8) is 0 Å². The second kappa shape index (κ2) is 7.10. The number of rotatable bonds is 6. The van der Waals surface area contributed by atoms with Crippen molar-refractivity contribution in [2.45, 2.75) is 19.8 Å². The first-order chi connectivity index (χ1) is 9.76. The Morgan fingerprint density at radius 1 is 1.40 bits per heavy atom. The van der Waals surface area contributed by atoms with E-state index in [4.69, 9.17) is 11.6 Å². The summed E-state index contributed by atoms with van der Waals surface area (Å²) in [6, 6.07) is 7.43. The van der Waals surface area contributed by atoms with E-state index in [-0.39, 0.29) is 5.91 Å². The maximum absolute atomic E-state index is 12.5. The van der Waals surface area contributed by atoms with Gasteiger partial charge in [-0.25, -0.2) is 4.98 Å². The minimum Gasteiger partial charge on any atom is -0.383 e. The van der Waals surface area contributed by atoms with Crippen molar-refractivity contribution >= 4 is 23.2 Å². The Kier molecular flexibility index (Phi) is 5.18. The van der Waals surface area contributed by atoms with Gasteiger partial charge in [-0.1, -0.05) is 25.5 Å². The Bertz CT molecular complexity index is 580. The first kappa shape index (κ1) is 14.6. The van der Waals surface area contributed by atoms with Crippen LogP contribution in [0.1, 0.15) is 29.4 Å². The van der Waals surface area contributed by atoms with Gasteiger partial charge in [0.15, 0.2) is 0 Å². The molecule has 0 saturated heterocycles. The van der Waals surface area contributed by atoms with E-state index in [9.17, 15) is 4.79 Å². The van der Waals surface area contributed by atoms with Crippen LogP contribution >= 0.6 is 11.6 Å². The van der Waals surface area contributed by atoms with Crippen LogP contribution in [0.3, 0.4) is 0 Å². The molecule has 0 radical (unpaired) electrons. The predicted octanol–water partition coefficient (Wildman–Crippen LogP) is 3.17. The van der Waals surface area contributed by atoms with Gasteiger partial charge in [0.2, 0.25) is 0 Å². The molecule has 1 aromatic heterocycles. The van der Waals surface area contributed by atoms with Crippen LogP contribution in [0.25, 0.3) is 0 Å². The van der Waals surface area contributed by atoms with Gasteiger partial charge in [-0.3, -0.25) is 9.36 Å². The van der Waals surface area contributed by atoms with Gasteiger partial charge in [0.05, 0.1) is 11.3 Å². The highest BCUT2D eigenvalue weighted by molar-refractivity contribution is 6.18. The smallest absolute Gasteiger partial charge is 0.265 e. The number of benzene rings is 1. The molecule has 0 atom stereocenters. The molecule has 1 heterocycles. The van der Waals surface area contributed by atoms with Crippen molar-refractivity contribution in [2.75, 3.05) is 17.7 Å². The van der Waals surface area contributed by atoms with Gasteiger partial charge in [0.25, 0.3) is 5.91 Å². The number of hydrogen-bond acceptors (Lipinski definition) is 3. The monoisotopic (exact) mass is 291 g/mol. The number of nitrogens with one attached hydrogen (secondary N) is 1. The van der Waals surface area contributed by atoms with Crippen molar-refractivity contribution in [3.8, 4) is 0 Å². The van der Waals surface area contributed by atoms with Gasteiger partial charge in [-0.15, -0.1) is 11.6 Å². The van der Waals surface area contributed by atoms with Crippen LogP contribution in [0.15, 0.2) is 36.8 Å². The lowest BCUT2D eigenvalue weighted by atomic mass is 10.1. The summed E-state index contributed by atoms with van der Waals surface area (Å²) in [6.45, 7) is 2.71. The van der Waals surface area contributed by atoms with Crippen molar-refractivity contribution < 1.29 is 4.79 Å². The number of halogens is 1. The third-order valence-corrected chi connectivity index (χ3v) is 3.13. The third-order valence-electron chi connectivity index (χ3n) is 2.94. The van der Waals surface area contributed by atoms with Crippen LogP contribution < -0.4 is 5.32 Å². The SMILES string of the molecule is CCCc1cn(C(=O)c2ccccc2NCCCl)cn1. The van der Waals surface area contributed by atoms with Crippen LogP contribution in [-0.4, -0.2) is 27.9 Å². The Morgan fingerprint density at radius 3 is 2.95 bits per heavy atom. The summed E-state index contributed by atoms with van der Waals surface area (Å²) in [5.41, 5.74) is 2.36. The van der Waals surface area contributed by atoms with E-state index >= 15 is 0 Å². The Morgan fingerprint density at radius 2 is 2.20 bits per heavy atom. The number of nitrogens with zero attached hydrogens (tertiary/aromatic N) is 2. The zero-order valence-corrected chi connectivity index (χ0v) is 12.2. The zero-order chi connectivity index (χ0) is 14.4. The van der Waals surface area contributed by atoms with E-state index in [0.29, 0.717) is 18.0 Å². The fourth-order valence-electron chi connectivity index (χ4n) is 2.00. The summed E-state index contributed by atoms with van der Waals surface area (Å²) in [6.07, 6.45) is 5.27. The topological polar surface area (TPSA) is 46.9 Å². The van der Waals surface area contributed by atoms with Gasteiger partial charge >= 0.3 is 0 Å².